The fraction of sp³-hybridized carbons (Fsp3) is 0.500. The van der Waals surface area contributed by atoms with Crippen molar-refractivity contribution in [2.75, 3.05) is 13.7 Å². The van der Waals surface area contributed by atoms with E-state index in [1.807, 2.05) is 49.1 Å². The highest BCUT2D eigenvalue weighted by molar-refractivity contribution is 7.89. The summed E-state index contributed by atoms with van der Waals surface area (Å²) in [7, 11) is -2.23. The van der Waals surface area contributed by atoms with Crippen LogP contribution in [0.15, 0.2) is 47.4 Å². The molecule has 2 aliphatic rings. The van der Waals surface area contributed by atoms with Crippen molar-refractivity contribution in [1.82, 2.24) is 9.21 Å². The van der Waals surface area contributed by atoms with Crippen molar-refractivity contribution in [3.8, 4) is 5.75 Å². The third kappa shape index (κ3) is 4.06. The average molecular weight is 471 g/mol. The fourth-order valence-corrected chi connectivity index (χ4v) is 7.12. The van der Waals surface area contributed by atoms with Crippen LogP contribution >= 0.6 is 0 Å². The molecule has 2 aliphatic heterocycles. The number of sulfonamides is 1. The highest BCUT2D eigenvalue weighted by Crippen LogP contribution is 2.43. The Morgan fingerprint density at radius 1 is 1.12 bits per heavy atom. The smallest absolute Gasteiger partial charge is 0.244 e. The Hall–Kier alpha value is -2.38. The van der Waals surface area contributed by atoms with Gasteiger partial charge in [0.25, 0.3) is 0 Å². The first-order valence-corrected chi connectivity index (χ1v) is 13.3. The summed E-state index contributed by atoms with van der Waals surface area (Å²) in [6.07, 6.45) is 1.97. The molecule has 1 amide bonds. The number of piperazine rings is 1. The molecule has 0 aromatic heterocycles. The van der Waals surface area contributed by atoms with Crippen molar-refractivity contribution in [3.63, 3.8) is 0 Å². The minimum absolute atomic E-state index is 0.0937. The van der Waals surface area contributed by atoms with Gasteiger partial charge in [0, 0.05) is 12.6 Å². The first-order valence-electron chi connectivity index (χ1n) is 11.8. The van der Waals surface area contributed by atoms with Crippen LogP contribution in [0, 0.1) is 0 Å². The van der Waals surface area contributed by atoms with E-state index in [1.54, 1.807) is 19.2 Å². The van der Waals surface area contributed by atoms with E-state index in [4.69, 9.17) is 4.74 Å². The van der Waals surface area contributed by atoms with Gasteiger partial charge >= 0.3 is 0 Å². The van der Waals surface area contributed by atoms with Crippen LogP contribution in [0.3, 0.4) is 0 Å². The number of nitrogens with zero attached hydrogens (tertiary/aromatic N) is 2. The molecule has 3 unspecified atom stereocenters. The number of hydrogen-bond acceptors (Lipinski definition) is 4. The van der Waals surface area contributed by atoms with E-state index in [1.165, 1.54) is 4.31 Å². The van der Waals surface area contributed by atoms with Crippen molar-refractivity contribution < 1.29 is 17.9 Å². The van der Waals surface area contributed by atoms with Gasteiger partial charge in [-0.3, -0.25) is 4.79 Å². The van der Waals surface area contributed by atoms with Gasteiger partial charge in [0.1, 0.15) is 11.8 Å². The van der Waals surface area contributed by atoms with E-state index >= 15 is 0 Å². The van der Waals surface area contributed by atoms with Crippen molar-refractivity contribution in [2.24, 2.45) is 0 Å². The lowest BCUT2D eigenvalue weighted by atomic mass is 9.85. The number of methoxy groups -OCH3 is 1. The van der Waals surface area contributed by atoms with Crippen LogP contribution in [0.2, 0.25) is 0 Å². The highest BCUT2D eigenvalue weighted by Gasteiger charge is 2.51. The molecule has 2 aromatic carbocycles. The summed E-state index contributed by atoms with van der Waals surface area (Å²) in [6.45, 7) is 8.67. The van der Waals surface area contributed by atoms with Gasteiger partial charge < -0.3 is 9.64 Å². The van der Waals surface area contributed by atoms with E-state index in [0.29, 0.717) is 18.9 Å². The Balaban J connectivity index is 1.79. The number of fused-ring (bicyclic) bond motifs is 3. The van der Waals surface area contributed by atoms with Gasteiger partial charge in [0.2, 0.25) is 15.9 Å². The summed E-state index contributed by atoms with van der Waals surface area (Å²) in [4.78, 5) is 15.8. The second-order valence-corrected chi connectivity index (χ2v) is 11.2. The topological polar surface area (TPSA) is 66.9 Å². The predicted molar refractivity (Wildman–Crippen MR) is 129 cm³/mol. The Morgan fingerprint density at radius 3 is 2.42 bits per heavy atom. The van der Waals surface area contributed by atoms with E-state index in [0.717, 1.165) is 35.3 Å². The minimum atomic E-state index is -3.86. The summed E-state index contributed by atoms with van der Waals surface area (Å²) in [5.74, 6) is 0.994. The summed E-state index contributed by atoms with van der Waals surface area (Å²) >= 11 is 0. The Morgan fingerprint density at radius 2 is 1.82 bits per heavy atom. The molecule has 2 aromatic rings. The summed E-state index contributed by atoms with van der Waals surface area (Å²) in [5.41, 5.74) is 3.21. The summed E-state index contributed by atoms with van der Waals surface area (Å²) < 4.78 is 34.7. The Bertz CT molecular complexity index is 1130. The zero-order valence-corrected chi connectivity index (χ0v) is 20.9. The number of ether oxygens (including phenoxy) is 1. The predicted octanol–water partition coefficient (Wildman–Crippen LogP) is 4.51. The first-order chi connectivity index (χ1) is 15.7. The molecule has 1 saturated heterocycles. The molecule has 0 spiro atoms. The van der Waals surface area contributed by atoms with Crippen LogP contribution in [-0.2, 0) is 21.2 Å². The maximum absolute atomic E-state index is 13.9. The zero-order valence-electron chi connectivity index (χ0n) is 20.1. The van der Waals surface area contributed by atoms with Crippen molar-refractivity contribution in [1.29, 1.82) is 0 Å². The van der Waals surface area contributed by atoms with Crippen LogP contribution in [-0.4, -0.2) is 49.3 Å². The third-order valence-corrected chi connectivity index (χ3v) is 9.05. The minimum Gasteiger partial charge on any atom is -0.497 e. The largest absolute Gasteiger partial charge is 0.497 e. The molecule has 6 nitrogen and oxygen atoms in total. The molecule has 0 aliphatic carbocycles. The molecule has 0 saturated carbocycles. The maximum atomic E-state index is 13.9. The number of amides is 1. The second kappa shape index (κ2) is 9.11. The monoisotopic (exact) mass is 470 g/mol. The molecule has 0 N–H and O–H groups in total. The van der Waals surface area contributed by atoms with E-state index in [-0.39, 0.29) is 22.9 Å². The van der Waals surface area contributed by atoms with Crippen LogP contribution in [0.4, 0.5) is 0 Å². The van der Waals surface area contributed by atoms with Crippen molar-refractivity contribution in [3.05, 3.63) is 59.2 Å². The SMILES string of the molecule is CCCC1C(=O)N2CCc3cc(OC)ccc3C2C(C)N1S(=O)(=O)c1ccc(C(C)C)cc1. The van der Waals surface area contributed by atoms with Gasteiger partial charge in [-0.2, -0.15) is 4.31 Å². The summed E-state index contributed by atoms with van der Waals surface area (Å²) in [6, 6.07) is 11.6. The molecule has 7 heteroatoms. The molecule has 0 radical (unpaired) electrons. The molecule has 1 fully saturated rings. The lowest BCUT2D eigenvalue weighted by molar-refractivity contribution is -0.146. The normalized spacial score (nSPS) is 23.4. The lowest BCUT2D eigenvalue weighted by Gasteiger charge is -2.51. The molecule has 33 heavy (non-hydrogen) atoms. The van der Waals surface area contributed by atoms with Crippen LogP contribution in [0.5, 0.6) is 5.75 Å². The lowest BCUT2D eigenvalue weighted by Crippen LogP contribution is -2.64. The molecule has 4 rings (SSSR count). The van der Waals surface area contributed by atoms with E-state index < -0.39 is 16.1 Å². The molecule has 2 heterocycles. The van der Waals surface area contributed by atoms with Gasteiger partial charge in [-0.05, 0) is 66.6 Å². The first kappa shape index (κ1) is 23.8. The molecule has 3 atom stereocenters. The standard InChI is InChI=1S/C26H34N2O4S/c1-6-7-24-26(29)27-15-14-20-16-21(32-5)10-13-23(20)25(27)18(4)28(24)33(30,31)22-11-8-19(9-12-22)17(2)3/h8-13,16-18,24-25H,6-7,14-15H2,1-5H3. The number of rotatable bonds is 6. The molecule has 178 valence electrons. The quantitative estimate of drug-likeness (QED) is 0.623. The maximum Gasteiger partial charge on any atom is 0.244 e. The van der Waals surface area contributed by atoms with Crippen LogP contribution < -0.4 is 4.74 Å². The van der Waals surface area contributed by atoms with Gasteiger partial charge in [0.15, 0.2) is 0 Å². The summed E-state index contributed by atoms with van der Waals surface area (Å²) in [5, 5.41) is 0. The van der Waals surface area contributed by atoms with Gasteiger partial charge in [-0.15, -0.1) is 0 Å². The van der Waals surface area contributed by atoms with Crippen LogP contribution in [0.25, 0.3) is 0 Å². The number of carbonyl (C=O) groups is 1. The highest BCUT2D eigenvalue weighted by atomic mass is 32.2. The second-order valence-electron chi connectivity index (χ2n) is 9.39. The van der Waals surface area contributed by atoms with Gasteiger partial charge in [-0.25, -0.2) is 8.42 Å². The van der Waals surface area contributed by atoms with Crippen molar-refractivity contribution in [2.45, 2.75) is 75.9 Å². The van der Waals surface area contributed by atoms with Crippen molar-refractivity contribution >= 4 is 15.9 Å². The Kier molecular flexibility index (Phi) is 6.56. The third-order valence-electron chi connectivity index (χ3n) is 7.04. The average Bonchev–Trinajstić information content (AvgIpc) is 2.81. The molecule has 0 bridgehead atoms. The fourth-order valence-electron chi connectivity index (χ4n) is 5.31. The number of carbonyl (C=O) groups excluding carboxylic acids is 1. The van der Waals surface area contributed by atoms with E-state index in [2.05, 4.69) is 13.8 Å². The molecular formula is C26H34N2O4S. The zero-order chi connectivity index (χ0) is 23.9. The Labute approximate surface area is 197 Å². The van der Waals surface area contributed by atoms with Gasteiger partial charge in [0.05, 0.1) is 18.0 Å². The molecular weight excluding hydrogens is 436 g/mol. The van der Waals surface area contributed by atoms with Crippen LogP contribution in [0.1, 0.15) is 69.2 Å². The number of benzene rings is 2. The van der Waals surface area contributed by atoms with Gasteiger partial charge in [-0.1, -0.05) is 45.4 Å². The number of hydrogen-bond donors (Lipinski definition) is 0. The van der Waals surface area contributed by atoms with E-state index in [9.17, 15) is 13.2 Å².